The molecule has 2 N–H and O–H groups in total. The Hall–Kier alpha value is -1.84. The third kappa shape index (κ3) is 2.94. The van der Waals surface area contributed by atoms with Crippen LogP contribution in [0, 0.1) is 17.3 Å². The van der Waals surface area contributed by atoms with Gasteiger partial charge in [-0.05, 0) is 28.5 Å². The van der Waals surface area contributed by atoms with Crippen LogP contribution in [0.2, 0.25) is 0 Å². The van der Waals surface area contributed by atoms with Crippen molar-refractivity contribution in [2.75, 3.05) is 5.32 Å². The van der Waals surface area contributed by atoms with Gasteiger partial charge in [0, 0.05) is 5.69 Å². The smallest absolute Gasteiger partial charge is 0.307 e. The van der Waals surface area contributed by atoms with E-state index in [1.54, 1.807) is 0 Å². The summed E-state index contributed by atoms with van der Waals surface area (Å²) in [7, 11) is 0. The molecule has 21 heavy (non-hydrogen) atoms. The maximum atomic E-state index is 12.2. The molecule has 0 radical (unpaired) electrons. The Balaban J connectivity index is 2.06. The highest BCUT2D eigenvalue weighted by atomic mass is 16.4. The summed E-state index contributed by atoms with van der Waals surface area (Å²) in [4.78, 5) is 23.3. The maximum absolute atomic E-state index is 12.2. The lowest BCUT2D eigenvalue weighted by molar-refractivity contribution is -0.140. The van der Waals surface area contributed by atoms with Crippen molar-refractivity contribution in [3.05, 3.63) is 29.8 Å². The zero-order valence-corrected chi connectivity index (χ0v) is 13.2. The highest BCUT2D eigenvalue weighted by molar-refractivity contribution is 5.99. The number of amides is 1. The molecule has 0 unspecified atom stereocenters. The van der Waals surface area contributed by atoms with E-state index in [1.165, 1.54) is 5.56 Å². The van der Waals surface area contributed by atoms with Crippen LogP contribution in [0.1, 0.15) is 40.2 Å². The molecule has 1 amide bonds. The molecule has 1 saturated carbocycles. The number of anilines is 1. The lowest BCUT2D eigenvalue weighted by Gasteiger charge is -2.19. The van der Waals surface area contributed by atoms with E-state index in [2.05, 4.69) is 26.1 Å². The van der Waals surface area contributed by atoms with E-state index in [1.807, 2.05) is 38.1 Å². The molecule has 0 saturated heterocycles. The van der Waals surface area contributed by atoms with Crippen LogP contribution >= 0.6 is 0 Å². The van der Waals surface area contributed by atoms with E-state index < -0.39 is 23.2 Å². The van der Waals surface area contributed by atoms with Crippen molar-refractivity contribution < 1.29 is 14.7 Å². The van der Waals surface area contributed by atoms with Crippen LogP contribution in [0.3, 0.4) is 0 Å². The SMILES string of the molecule is CC(C)(C)c1ccc(NC(=O)[C@H]2[C@@H](C(=O)O)C2(C)C)cc1. The standard InChI is InChI=1S/C17H23NO3/c1-16(2,3)10-6-8-11(9-7-10)18-14(19)12-13(15(20)21)17(12,4)5/h6-9,12-13H,1-5H3,(H,18,19)(H,20,21)/t12-,13+/m1/s1. The number of aliphatic carboxylic acids is 1. The van der Waals surface area contributed by atoms with Gasteiger partial charge in [-0.25, -0.2) is 0 Å². The summed E-state index contributed by atoms with van der Waals surface area (Å²) in [6.07, 6.45) is 0. The Morgan fingerprint density at radius 3 is 2.00 bits per heavy atom. The molecule has 114 valence electrons. The number of carbonyl (C=O) groups excluding carboxylic acids is 1. The predicted octanol–water partition coefficient (Wildman–Crippen LogP) is 3.28. The number of carboxylic acids is 1. The van der Waals surface area contributed by atoms with Crippen molar-refractivity contribution in [2.45, 2.75) is 40.0 Å². The predicted molar refractivity (Wildman–Crippen MR) is 82.2 cm³/mol. The second kappa shape index (κ2) is 4.86. The highest BCUT2D eigenvalue weighted by Crippen LogP contribution is 2.58. The monoisotopic (exact) mass is 289 g/mol. The molecule has 1 aliphatic carbocycles. The number of nitrogens with one attached hydrogen (secondary N) is 1. The summed E-state index contributed by atoms with van der Waals surface area (Å²) >= 11 is 0. The number of carbonyl (C=O) groups is 2. The van der Waals surface area contributed by atoms with Crippen LogP contribution in [-0.4, -0.2) is 17.0 Å². The van der Waals surface area contributed by atoms with Gasteiger partial charge in [0.2, 0.25) is 5.91 Å². The molecule has 0 aromatic heterocycles. The van der Waals surface area contributed by atoms with E-state index >= 15 is 0 Å². The summed E-state index contributed by atoms with van der Waals surface area (Å²) in [5.74, 6) is -2.16. The number of hydrogen-bond donors (Lipinski definition) is 2. The summed E-state index contributed by atoms with van der Waals surface area (Å²) in [6, 6.07) is 7.71. The Labute approximate surface area is 125 Å². The maximum Gasteiger partial charge on any atom is 0.307 e. The molecule has 1 aromatic carbocycles. The van der Waals surface area contributed by atoms with Crippen molar-refractivity contribution >= 4 is 17.6 Å². The van der Waals surface area contributed by atoms with Gasteiger partial charge in [0.1, 0.15) is 0 Å². The van der Waals surface area contributed by atoms with Crippen molar-refractivity contribution in [1.82, 2.24) is 0 Å². The normalized spacial score (nSPS) is 23.5. The minimum atomic E-state index is -0.900. The van der Waals surface area contributed by atoms with Crippen LogP contribution in [0.4, 0.5) is 5.69 Å². The Bertz CT molecular complexity index is 567. The van der Waals surface area contributed by atoms with Gasteiger partial charge in [-0.1, -0.05) is 46.8 Å². The molecule has 1 aliphatic rings. The number of benzene rings is 1. The van der Waals surface area contributed by atoms with Gasteiger partial charge in [0.25, 0.3) is 0 Å². The summed E-state index contributed by atoms with van der Waals surface area (Å²) < 4.78 is 0. The van der Waals surface area contributed by atoms with Crippen molar-refractivity contribution in [1.29, 1.82) is 0 Å². The summed E-state index contributed by atoms with van der Waals surface area (Å²) in [5.41, 5.74) is 1.49. The van der Waals surface area contributed by atoms with Crippen LogP contribution in [0.15, 0.2) is 24.3 Å². The fourth-order valence-electron chi connectivity index (χ4n) is 2.86. The van der Waals surface area contributed by atoms with Gasteiger partial charge in [-0.15, -0.1) is 0 Å². The molecule has 2 atom stereocenters. The van der Waals surface area contributed by atoms with Crippen LogP contribution < -0.4 is 5.32 Å². The van der Waals surface area contributed by atoms with Gasteiger partial charge < -0.3 is 10.4 Å². The van der Waals surface area contributed by atoms with Gasteiger partial charge in [-0.3, -0.25) is 9.59 Å². The average Bonchev–Trinajstić information content (AvgIpc) is 2.92. The molecular weight excluding hydrogens is 266 g/mol. The quantitative estimate of drug-likeness (QED) is 0.897. The fraction of sp³-hybridized carbons (Fsp3) is 0.529. The first-order valence-corrected chi connectivity index (χ1v) is 7.19. The lowest BCUT2D eigenvalue weighted by atomic mass is 9.87. The average molecular weight is 289 g/mol. The molecule has 2 rings (SSSR count). The third-order valence-corrected chi connectivity index (χ3v) is 4.39. The zero-order chi connectivity index (χ0) is 16.0. The molecule has 1 aromatic rings. The van der Waals surface area contributed by atoms with E-state index in [0.717, 1.165) is 0 Å². The molecule has 0 spiro atoms. The van der Waals surface area contributed by atoms with Crippen LogP contribution in [0.25, 0.3) is 0 Å². The van der Waals surface area contributed by atoms with Crippen molar-refractivity contribution in [2.24, 2.45) is 17.3 Å². The van der Waals surface area contributed by atoms with Gasteiger partial charge in [0.05, 0.1) is 11.8 Å². The highest BCUT2D eigenvalue weighted by Gasteiger charge is 2.65. The molecule has 0 aliphatic heterocycles. The van der Waals surface area contributed by atoms with Gasteiger partial charge in [0.15, 0.2) is 0 Å². The van der Waals surface area contributed by atoms with E-state index in [0.29, 0.717) is 5.69 Å². The van der Waals surface area contributed by atoms with Gasteiger partial charge >= 0.3 is 5.97 Å². The lowest BCUT2D eigenvalue weighted by Crippen LogP contribution is -2.18. The van der Waals surface area contributed by atoms with E-state index in [9.17, 15) is 9.59 Å². The molecule has 4 nitrogen and oxygen atoms in total. The fourth-order valence-corrected chi connectivity index (χ4v) is 2.86. The first-order valence-electron chi connectivity index (χ1n) is 7.19. The third-order valence-electron chi connectivity index (χ3n) is 4.39. The Kier molecular flexibility index (Phi) is 3.60. The Morgan fingerprint density at radius 2 is 1.62 bits per heavy atom. The topological polar surface area (TPSA) is 66.4 Å². The van der Waals surface area contributed by atoms with Crippen molar-refractivity contribution in [3.63, 3.8) is 0 Å². The van der Waals surface area contributed by atoms with E-state index in [4.69, 9.17) is 5.11 Å². The molecular formula is C17H23NO3. The largest absolute Gasteiger partial charge is 0.481 e. The van der Waals surface area contributed by atoms with Crippen LogP contribution in [-0.2, 0) is 15.0 Å². The van der Waals surface area contributed by atoms with Crippen LogP contribution in [0.5, 0.6) is 0 Å². The second-order valence-electron chi connectivity index (χ2n) is 7.43. The summed E-state index contributed by atoms with van der Waals surface area (Å²) in [6.45, 7) is 10.0. The molecule has 1 fully saturated rings. The molecule has 0 bridgehead atoms. The first kappa shape index (κ1) is 15.5. The van der Waals surface area contributed by atoms with E-state index in [-0.39, 0.29) is 11.3 Å². The minimum Gasteiger partial charge on any atom is -0.481 e. The number of hydrogen-bond acceptors (Lipinski definition) is 2. The zero-order valence-electron chi connectivity index (χ0n) is 13.2. The number of rotatable bonds is 3. The molecule has 4 heteroatoms. The second-order valence-corrected chi connectivity index (χ2v) is 7.43. The molecule has 0 heterocycles. The summed E-state index contributed by atoms with van der Waals surface area (Å²) in [5, 5.41) is 11.9. The Morgan fingerprint density at radius 1 is 1.10 bits per heavy atom. The number of carboxylic acid groups (broad SMARTS) is 1. The van der Waals surface area contributed by atoms with Gasteiger partial charge in [-0.2, -0.15) is 0 Å². The minimum absolute atomic E-state index is 0.0649. The van der Waals surface area contributed by atoms with Crippen molar-refractivity contribution in [3.8, 4) is 0 Å². The first-order chi connectivity index (χ1) is 9.55.